The number of nitrogens with one attached hydrogen (secondary N) is 2. The lowest BCUT2D eigenvalue weighted by Gasteiger charge is -2.38. The Morgan fingerprint density at radius 2 is 0.667 bits per heavy atom. The maximum atomic E-state index is 5.62. The number of hydrogen-bond acceptors (Lipinski definition) is 2. The summed E-state index contributed by atoms with van der Waals surface area (Å²) in [5.74, 6) is 10.6. The maximum absolute atomic E-state index is 5.62. The Morgan fingerprint density at radius 1 is 0.373 bits per heavy atom. The monoisotopic (exact) mass is 1030 g/mol. The SMILES string of the molecule is Cc1cc(C)c(-c2c3nc(c(-c4ccc(C#C[Si](C)(C)C)cc4)c4ccc([nH]4)c(-c4ccc(C#C[Si](C)(C)C)cc4)c4nc(c(-c5ccc(C#C[Si](C(C)C)(C(C)C)C(C)C)cc5)c5ccc2[nH]5)C=C4)C=C3)c(C)c1. The minimum atomic E-state index is -1.93. The molecule has 376 valence electrons. The van der Waals surface area contributed by atoms with Crippen LogP contribution in [-0.4, -0.2) is 44.2 Å². The van der Waals surface area contributed by atoms with Gasteiger partial charge in [0.2, 0.25) is 0 Å². The predicted molar refractivity (Wildman–Crippen MR) is 333 cm³/mol. The van der Waals surface area contributed by atoms with Crippen molar-refractivity contribution in [3.05, 3.63) is 165 Å². The number of nitrogens with zero attached hydrogens (tertiary/aromatic N) is 2. The topological polar surface area (TPSA) is 57.4 Å². The Kier molecular flexibility index (Phi) is 14.6. The van der Waals surface area contributed by atoms with Gasteiger partial charge in [-0.05, 0) is 156 Å². The lowest BCUT2D eigenvalue weighted by atomic mass is 9.92. The summed E-state index contributed by atoms with van der Waals surface area (Å²) in [6.45, 7) is 34.5. The van der Waals surface area contributed by atoms with Gasteiger partial charge in [0.25, 0.3) is 0 Å². The summed E-state index contributed by atoms with van der Waals surface area (Å²) in [5, 5.41) is 0. The van der Waals surface area contributed by atoms with E-state index in [2.05, 4.69) is 279 Å². The molecule has 2 aliphatic heterocycles. The van der Waals surface area contributed by atoms with Crippen LogP contribution in [0.25, 0.3) is 90.9 Å². The zero-order valence-electron chi connectivity index (χ0n) is 46.8. The molecule has 2 N–H and O–H groups in total. The van der Waals surface area contributed by atoms with Gasteiger partial charge in [-0.25, -0.2) is 9.97 Å². The van der Waals surface area contributed by atoms with Crippen molar-refractivity contribution in [1.29, 1.82) is 0 Å². The molecule has 0 amide bonds. The molecule has 0 fully saturated rings. The second-order valence-corrected chi connectivity index (χ2v) is 38.7. The molecule has 7 heteroatoms. The molecule has 0 saturated carbocycles. The predicted octanol–water partition coefficient (Wildman–Crippen LogP) is 18.3. The number of aryl methyl sites for hydroxylation is 3. The van der Waals surface area contributed by atoms with E-state index in [9.17, 15) is 0 Å². The summed E-state index contributed by atoms with van der Waals surface area (Å²) in [6.07, 6.45) is 8.72. The lowest BCUT2D eigenvalue weighted by Crippen LogP contribution is -2.43. The van der Waals surface area contributed by atoms with E-state index in [-0.39, 0.29) is 0 Å². The van der Waals surface area contributed by atoms with Gasteiger partial charge in [-0.1, -0.05) is 153 Å². The molecule has 3 aromatic heterocycles. The summed E-state index contributed by atoms with van der Waals surface area (Å²) in [5.41, 5.74) is 35.2. The number of aromatic amines is 2. The second kappa shape index (κ2) is 20.8. The molecular weight excluding hydrogens is 957 g/mol. The summed E-state index contributed by atoms with van der Waals surface area (Å²) < 4.78 is 0. The number of hydrogen-bond donors (Lipinski definition) is 2. The number of rotatable bonds is 7. The van der Waals surface area contributed by atoms with Crippen LogP contribution in [-0.2, 0) is 0 Å². The van der Waals surface area contributed by atoms with Crippen LogP contribution in [0.4, 0.5) is 0 Å². The van der Waals surface area contributed by atoms with E-state index in [0.717, 1.165) is 100 Å². The average molecular weight is 1030 g/mol. The van der Waals surface area contributed by atoms with Crippen LogP contribution in [0.1, 0.15) is 97.7 Å². The van der Waals surface area contributed by atoms with Gasteiger partial charge in [0.05, 0.1) is 22.8 Å². The molecule has 0 saturated heterocycles. The van der Waals surface area contributed by atoms with E-state index in [1.165, 1.54) is 22.3 Å². The smallest absolute Gasteiger partial charge is 0.146 e. The van der Waals surface area contributed by atoms with Crippen molar-refractivity contribution in [3.63, 3.8) is 0 Å². The molecule has 0 spiro atoms. The van der Waals surface area contributed by atoms with E-state index in [0.29, 0.717) is 16.6 Å². The van der Waals surface area contributed by atoms with Crippen LogP contribution in [0.5, 0.6) is 0 Å². The fourth-order valence-electron chi connectivity index (χ4n) is 11.2. The number of H-pyrrole nitrogens is 2. The minimum absolute atomic E-state index is 0.556. The van der Waals surface area contributed by atoms with E-state index in [1.807, 2.05) is 0 Å². The molecule has 75 heavy (non-hydrogen) atoms. The van der Waals surface area contributed by atoms with Gasteiger partial charge < -0.3 is 9.97 Å². The van der Waals surface area contributed by atoms with Crippen molar-refractivity contribution in [2.75, 3.05) is 0 Å². The van der Waals surface area contributed by atoms with Gasteiger partial charge in [-0.3, -0.25) is 0 Å². The van der Waals surface area contributed by atoms with Crippen LogP contribution in [0.3, 0.4) is 0 Å². The Hall–Kier alpha value is -7.19. The first-order valence-corrected chi connectivity index (χ1v) is 36.0. The average Bonchev–Trinajstić information content (AvgIpc) is 4.21. The van der Waals surface area contributed by atoms with Crippen molar-refractivity contribution in [2.24, 2.45) is 0 Å². The molecule has 2 aliphatic rings. The minimum Gasteiger partial charge on any atom is -0.354 e. The van der Waals surface area contributed by atoms with Gasteiger partial charge in [0, 0.05) is 61.0 Å². The first-order valence-electron chi connectivity index (χ1n) is 26.7. The molecule has 0 atom stereocenters. The zero-order chi connectivity index (χ0) is 53.6. The third-order valence-corrected chi connectivity index (χ3v) is 22.7. The van der Waals surface area contributed by atoms with Crippen LogP contribution >= 0.6 is 0 Å². The Labute approximate surface area is 450 Å². The van der Waals surface area contributed by atoms with Crippen LogP contribution in [0.2, 0.25) is 55.9 Å². The summed E-state index contributed by atoms with van der Waals surface area (Å²) in [6, 6.07) is 39.6. The first kappa shape index (κ1) is 52.7. The highest BCUT2D eigenvalue weighted by molar-refractivity contribution is 6.90. The molecule has 0 radical (unpaired) electrons. The number of benzene rings is 4. The van der Waals surface area contributed by atoms with Gasteiger partial charge in [-0.2, -0.15) is 0 Å². The molecule has 9 rings (SSSR count). The van der Waals surface area contributed by atoms with E-state index < -0.39 is 24.2 Å². The van der Waals surface area contributed by atoms with Gasteiger partial charge in [0.15, 0.2) is 0 Å². The largest absolute Gasteiger partial charge is 0.354 e. The summed E-state index contributed by atoms with van der Waals surface area (Å²) >= 11 is 0. The maximum Gasteiger partial charge on any atom is 0.146 e. The molecule has 0 unspecified atom stereocenters. The quantitative estimate of drug-likeness (QED) is 0.123. The van der Waals surface area contributed by atoms with E-state index in [4.69, 9.17) is 9.97 Å². The van der Waals surface area contributed by atoms with E-state index >= 15 is 0 Å². The molecule has 5 heterocycles. The van der Waals surface area contributed by atoms with E-state index in [1.54, 1.807) is 0 Å². The highest BCUT2D eigenvalue weighted by atomic mass is 28.3. The van der Waals surface area contributed by atoms with Crippen molar-refractivity contribution in [1.82, 2.24) is 19.9 Å². The highest BCUT2D eigenvalue weighted by Crippen LogP contribution is 2.42. The molecule has 8 bridgehead atoms. The molecule has 0 aliphatic carbocycles. The van der Waals surface area contributed by atoms with Crippen molar-refractivity contribution < 1.29 is 0 Å². The number of aromatic nitrogens is 4. The Bertz CT molecular complexity index is 3750. The van der Waals surface area contributed by atoms with Crippen molar-refractivity contribution in [3.8, 4) is 78.9 Å². The molecule has 7 aromatic rings. The summed E-state index contributed by atoms with van der Waals surface area (Å²) in [7, 11) is -5.08. The van der Waals surface area contributed by atoms with Crippen molar-refractivity contribution >= 4 is 70.6 Å². The van der Waals surface area contributed by atoms with Crippen LogP contribution in [0.15, 0.2) is 109 Å². The van der Waals surface area contributed by atoms with Gasteiger partial charge in [0.1, 0.15) is 24.2 Å². The normalized spacial score (nSPS) is 12.4. The second-order valence-electron chi connectivity index (χ2n) is 23.7. The Morgan fingerprint density at radius 3 is 0.973 bits per heavy atom. The fourth-order valence-corrected chi connectivity index (χ4v) is 17.5. The molecular formula is C68H72N4Si3. The van der Waals surface area contributed by atoms with Crippen LogP contribution < -0.4 is 0 Å². The van der Waals surface area contributed by atoms with Gasteiger partial charge >= 0.3 is 0 Å². The highest BCUT2D eigenvalue weighted by Gasteiger charge is 2.41. The molecule has 4 aromatic carbocycles. The molecule has 4 nitrogen and oxygen atoms in total. The lowest BCUT2D eigenvalue weighted by molar-refractivity contribution is 0.838. The van der Waals surface area contributed by atoms with Crippen molar-refractivity contribution in [2.45, 2.75) is 118 Å². The number of fused-ring (bicyclic) bond motifs is 8. The van der Waals surface area contributed by atoms with Crippen LogP contribution in [0, 0.1) is 55.2 Å². The van der Waals surface area contributed by atoms with Gasteiger partial charge in [-0.15, -0.1) is 16.6 Å². The summed E-state index contributed by atoms with van der Waals surface area (Å²) in [4.78, 5) is 19.2. The third-order valence-electron chi connectivity index (χ3n) is 14.7. The third kappa shape index (κ3) is 11.1. The first-order chi connectivity index (χ1) is 35.6. The zero-order valence-corrected chi connectivity index (χ0v) is 49.8. The fraction of sp³-hybridized carbons (Fsp3) is 0.265. The standard InChI is InChI=1S/C68H72N4Si3/c1-44(2)75(45(3)4,46(5)6)41-38-52-20-26-55(27-21-52)67-59-31-29-57(70-59)65(53-22-16-50(17-23-53)36-39-73(10,11)12)56-28-30-58(69-56)66(54-24-18-51(19-25-54)37-40-74(13,14)15)60-32-34-62(71-60)68(63-35-33-61(67)72-63)64-48(8)42-47(7)43-49(64)9/h16-35,42-46,69,72H,1-15H3. The Balaban J connectivity index is 1.37.